The molecule has 0 saturated carbocycles. The Morgan fingerprint density at radius 2 is 1.89 bits per heavy atom. The van der Waals surface area contributed by atoms with Crippen LogP contribution < -0.4 is 16.2 Å². The van der Waals surface area contributed by atoms with E-state index in [0.717, 1.165) is 0 Å². The van der Waals surface area contributed by atoms with E-state index in [1.165, 1.54) is 0 Å². The lowest BCUT2D eigenvalue weighted by molar-refractivity contribution is -0.122. The number of alkyl halides is 3. The molecule has 0 fully saturated rings. The fraction of sp³-hybridized carbons (Fsp3) is 0.444. The van der Waals surface area contributed by atoms with Gasteiger partial charge in [-0.15, -0.1) is 10.2 Å². The van der Waals surface area contributed by atoms with Crippen molar-refractivity contribution in [3.63, 3.8) is 0 Å². The first kappa shape index (κ1) is 15.3. The molecule has 1 heterocycles. The molecule has 3 N–H and O–H groups in total. The first-order valence-corrected chi connectivity index (χ1v) is 5.44. The standard InChI is InChI=1S/C9H11ClF3N5O/c1-4-5(2)7(16-15-6(4)10)17-18-8(19)14-3-9(11,12)13/h3H2,1-2H3,(H,16,17)(H2,14,18,19). The number of carbonyl (C=O) groups is 1. The molecule has 0 aromatic carbocycles. The van der Waals surface area contributed by atoms with Gasteiger partial charge in [-0.25, -0.2) is 4.79 Å². The van der Waals surface area contributed by atoms with Crippen LogP contribution in [0.15, 0.2) is 0 Å². The molecule has 0 saturated heterocycles. The molecule has 6 nitrogen and oxygen atoms in total. The minimum Gasteiger partial charge on any atom is -0.328 e. The number of aromatic nitrogens is 2. The number of hydrogen-bond acceptors (Lipinski definition) is 4. The summed E-state index contributed by atoms with van der Waals surface area (Å²) >= 11 is 5.72. The van der Waals surface area contributed by atoms with Crippen molar-refractivity contribution in [2.24, 2.45) is 0 Å². The smallest absolute Gasteiger partial charge is 0.328 e. The van der Waals surface area contributed by atoms with Crippen LogP contribution in [0, 0.1) is 13.8 Å². The monoisotopic (exact) mass is 297 g/mol. The fourth-order valence-electron chi connectivity index (χ4n) is 1.04. The van der Waals surface area contributed by atoms with Crippen LogP contribution >= 0.6 is 11.6 Å². The molecule has 0 aliphatic carbocycles. The molecule has 2 amide bonds. The lowest BCUT2D eigenvalue weighted by atomic mass is 10.2. The van der Waals surface area contributed by atoms with Gasteiger partial charge in [0.25, 0.3) is 0 Å². The minimum atomic E-state index is -4.47. The lowest BCUT2D eigenvalue weighted by Crippen LogP contribution is -2.43. The molecule has 0 aliphatic rings. The summed E-state index contributed by atoms with van der Waals surface area (Å²) in [7, 11) is 0. The van der Waals surface area contributed by atoms with Gasteiger partial charge in [0, 0.05) is 5.56 Å². The maximum atomic E-state index is 11.8. The highest BCUT2D eigenvalue weighted by molar-refractivity contribution is 6.30. The van der Waals surface area contributed by atoms with Crippen molar-refractivity contribution in [1.29, 1.82) is 0 Å². The topological polar surface area (TPSA) is 78.9 Å². The van der Waals surface area contributed by atoms with E-state index in [0.29, 0.717) is 11.1 Å². The number of anilines is 1. The van der Waals surface area contributed by atoms with Crippen LogP contribution in [0.5, 0.6) is 0 Å². The van der Waals surface area contributed by atoms with Crippen molar-refractivity contribution in [3.8, 4) is 0 Å². The number of halogens is 4. The van der Waals surface area contributed by atoms with Crippen LogP contribution in [-0.2, 0) is 0 Å². The predicted molar refractivity (Wildman–Crippen MR) is 62.7 cm³/mol. The Bertz CT molecular complexity index is 480. The molecule has 0 bridgehead atoms. The van der Waals surface area contributed by atoms with Crippen LogP contribution in [0.25, 0.3) is 0 Å². The first-order valence-electron chi connectivity index (χ1n) is 5.06. The third-order valence-electron chi connectivity index (χ3n) is 2.21. The molecule has 0 radical (unpaired) electrons. The number of rotatable bonds is 3. The van der Waals surface area contributed by atoms with Gasteiger partial charge in [0.1, 0.15) is 6.54 Å². The highest BCUT2D eigenvalue weighted by atomic mass is 35.5. The number of nitrogens with one attached hydrogen (secondary N) is 3. The summed E-state index contributed by atoms with van der Waals surface area (Å²) in [5.74, 6) is 0.198. The zero-order chi connectivity index (χ0) is 14.6. The molecule has 10 heteroatoms. The number of urea groups is 1. The molecule has 0 aliphatic heterocycles. The molecular weight excluding hydrogens is 287 g/mol. The van der Waals surface area contributed by atoms with Gasteiger partial charge in [-0.2, -0.15) is 13.2 Å². The number of amides is 2. The van der Waals surface area contributed by atoms with Crippen molar-refractivity contribution in [2.45, 2.75) is 20.0 Å². The van der Waals surface area contributed by atoms with E-state index in [-0.39, 0.29) is 11.0 Å². The van der Waals surface area contributed by atoms with Gasteiger partial charge in [0.2, 0.25) is 0 Å². The van der Waals surface area contributed by atoms with Crippen LogP contribution in [0.1, 0.15) is 11.1 Å². The van der Waals surface area contributed by atoms with Crippen molar-refractivity contribution < 1.29 is 18.0 Å². The van der Waals surface area contributed by atoms with Crippen LogP contribution in [0.4, 0.5) is 23.8 Å². The SMILES string of the molecule is Cc1c(Cl)nnc(NNC(=O)NCC(F)(F)F)c1C. The second-order valence-electron chi connectivity index (χ2n) is 3.64. The molecule has 1 aromatic heterocycles. The van der Waals surface area contributed by atoms with Crippen molar-refractivity contribution in [3.05, 3.63) is 16.3 Å². The van der Waals surface area contributed by atoms with Crippen molar-refractivity contribution >= 4 is 23.4 Å². The van der Waals surface area contributed by atoms with Gasteiger partial charge in [-0.3, -0.25) is 10.9 Å². The van der Waals surface area contributed by atoms with E-state index < -0.39 is 18.8 Å². The van der Waals surface area contributed by atoms with Crippen LogP contribution in [-0.4, -0.2) is 28.9 Å². The third-order valence-corrected chi connectivity index (χ3v) is 2.57. The quantitative estimate of drug-likeness (QED) is 0.745. The maximum absolute atomic E-state index is 11.8. The Balaban J connectivity index is 2.54. The third kappa shape index (κ3) is 4.78. The summed E-state index contributed by atoms with van der Waals surface area (Å²) in [6.45, 7) is 1.94. The molecule has 0 unspecified atom stereocenters. The van der Waals surface area contributed by atoms with Crippen LogP contribution in [0.3, 0.4) is 0 Å². The second-order valence-corrected chi connectivity index (χ2v) is 4.00. The summed E-state index contributed by atoms with van der Waals surface area (Å²) in [5.41, 5.74) is 5.64. The average molecular weight is 298 g/mol. The van der Waals surface area contributed by atoms with Crippen molar-refractivity contribution in [1.82, 2.24) is 20.9 Å². The number of nitrogens with zero attached hydrogens (tertiary/aromatic N) is 2. The van der Waals surface area contributed by atoms with E-state index in [1.807, 2.05) is 5.43 Å². The summed E-state index contributed by atoms with van der Waals surface area (Å²) in [6.07, 6.45) is -4.47. The molecule has 1 rings (SSSR count). The summed E-state index contributed by atoms with van der Waals surface area (Å²) in [5, 5.41) is 9.10. The van der Waals surface area contributed by atoms with Gasteiger partial charge >= 0.3 is 12.2 Å². The Morgan fingerprint density at radius 3 is 2.47 bits per heavy atom. The zero-order valence-electron chi connectivity index (χ0n) is 10.0. The Morgan fingerprint density at radius 1 is 1.26 bits per heavy atom. The molecule has 0 atom stereocenters. The second kappa shape index (κ2) is 5.91. The number of hydrogen-bond donors (Lipinski definition) is 3. The summed E-state index contributed by atoms with van der Waals surface area (Å²) < 4.78 is 35.5. The molecule has 106 valence electrons. The first-order chi connectivity index (χ1) is 8.70. The van der Waals surface area contributed by atoms with Gasteiger partial charge in [0.15, 0.2) is 11.0 Å². The van der Waals surface area contributed by atoms with Gasteiger partial charge in [0.05, 0.1) is 0 Å². The molecule has 1 aromatic rings. The largest absolute Gasteiger partial charge is 0.405 e. The van der Waals surface area contributed by atoms with E-state index in [9.17, 15) is 18.0 Å². The predicted octanol–water partition coefficient (Wildman–Crippen LogP) is 1.94. The van der Waals surface area contributed by atoms with Crippen LogP contribution in [0.2, 0.25) is 5.15 Å². The molecular formula is C9H11ClF3N5O. The maximum Gasteiger partial charge on any atom is 0.405 e. The van der Waals surface area contributed by atoms with E-state index in [4.69, 9.17) is 11.6 Å². The Hall–Kier alpha value is -1.77. The minimum absolute atomic E-state index is 0.198. The number of hydrazine groups is 1. The van der Waals surface area contributed by atoms with E-state index >= 15 is 0 Å². The summed E-state index contributed by atoms with van der Waals surface area (Å²) in [4.78, 5) is 11.1. The highest BCUT2D eigenvalue weighted by Crippen LogP contribution is 2.19. The Labute approximate surface area is 111 Å². The number of carbonyl (C=O) groups excluding carboxylic acids is 1. The molecule has 0 spiro atoms. The van der Waals surface area contributed by atoms with E-state index in [1.54, 1.807) is 19.2 Å². The van der Waals surface area contributed by atoms with Crippen molar-refractivity contribution in [2.75, 3.05) is 12.0 Å². The van der Waals surface area contributed by atoms with Gasteiger partial charge in [-0.05, 0) is 19.4 Å². The fourth-order valence-corrected chi connectivity index (χ4v) is 1.22. The highest BCUT2D eigenvalue weighted by Gasteiger charge is 2.27. The molecule has 19 heavy (non-hydrogen) atoms. The normalized spacial score (nSPS) is 11.1. The van der Waals surface area contributed by atoms with Gasteiger partial charge < -0.3 is 5.32 Å². The Kier molecular flexibility index (Phi) is 4.76. The summed E-state index contributed by atoms with van der Waals surface area (Å²) in [6, 6.07) is -1.04. The average Bonchev–Trinajstić information content (AvgIpc) is 2.32. The van der Waals surface area contributed by atoms with Gasteiger partial charge in [-0.1, -0.05) is 11.6 Å². The lowest BCUT2D eigenvalue weighted by Gasteiger charge is -2.12. The zero-order valence-corrected chi connectivity index (χ0v) is 10.8. The van der Waals surface area contributed by atoms with E-state index in [2.05, 4.69) is 15.6 Å².